The summed E-state index contributed by atoms with van der Waals surface area (Å²) in [6.45, 7) is 8.34. The number of aromatic nitrogens is 1. The Morgan fingerprint density at radius 1 is 1.14 bits per heavy atom. The minimum Gasteiger partial charge on any atom is -0.479 e. The fourth-order valence-corrected chi connectivity index (χ4v) is 2.42. The van der Waals surface area contributed by atoms with Crippen LogP contribution in [0.4, 0.5) is 11.5 Å². The lowest BCUT2D eigenvalue weighted by Gasteiger charge is -2.30. The first-order valence-corrected chi connectivity index (χ1v) is 7.10. The average Bonchev–Trinajstić information content (AvgIpc) is 2.41. The highest BCUT2D eigenvalue weighted by molar-refractivity contribution is 5.50. The van der Waals surface area contributed by atoms with Crippen molar-refractivity contribution in [1.82, 2.24) is 4.98 Å². The van der Waals surface area contributed by atoms with Gasteiger partial charge in [-0.3, -0.25) is 0 Å². The van der Waals surface area contributed by atoms with Crippen molar-refractivity contribution in [1.29, 1.82) is 0 Å². The van der Waals surface area contributed by atoms with Gasteiger partial charge in [0.05, 0.1) is 0 Å². The molecule has 0 bridgehead atoms. The van der Waals surface area contributed by atoms with Crippen LogP contribution in [0.15, 0.2) is 36.5 Å². The lowest BCUT2D eigenvalue weighted by molar-refractivity contribution is 0.108. The summed E-state index contributed by atoms with van der Waals surface area (Å²) in [6.07, 6.45) is 1.65. The van der Waals surface area contributed by atoms with Crippen molar-refractivity contribution in [2.45, 2.75) is 39.2 Å². The zero-order chi connectivity index (χ0) is 15.6. The fraction of sp³-hybridized carbons (Fsp3) is 0.353. The van der Waals surface area contributed by atoms with Crippen LogP contribution in [0, 0.1) is 0 Å². The van der Waals surface area contributed by atoms with Crippen molar-refractivity contribution >= 4 is 11.5 Å². The first kappa shape index (κ1) is 15.2. The zero-order valence-corrected chi connectivity index (χ0v) is 13.1. The molecule has 0 spiro atoms. The second-order valence-electron chi connectivity index (χ2n) is 6.00. The van der Waals surface area contributed by atoms with Crippen LogP contribution in [-0.4, -0.2) is 4.98 Å². The van der Waals surface area contributed by atoms with Crippen LogP contribution in [-0.2, 0) is 5.60 Å². The first-order chi connectivity index (χ1) is 9.81. The van der Waals surface area contributed by atoms with Gasteiger partial charge < -0.3 is 16.2 Å². The van der Waals surface area contributed by atoms with Crippen molar-refractivity contribution in [2.75, 3.05) is 11.5 Å². The number of nitrogen functional groups attached to an aromatic ring is 2. The second-order valence-corrected chi connectivity index (χ2v) is 6.00. The Bertz CT molecular complexity index is 636. The Balaban J connectivity index is 2.44. The number of nitrogens with two attached hydrogens (primary N) is 2. The summed E-state index contributed by atoms with van der Waals surface area (Å²) in [4.78, 5) is 4.06. The van der Waals surface area contributed by atoms with Crippen LogP contribution in [0.25, 0.3) is 0 Å². The molecule has 0 radical (unpaired) electrons. The molecule has 1 aromatic carbocycles. The molecule has 0 aliphatic carbocycles. The van der Waals surface area contributed by atoms with Gasteiger partial charge in [-0.2, -0.15) is 0 Å². The lowest BCUT2D eigenvalue weighted by atomic mass is 9.87. The number of nitrogens with zero attached hydrogens (tertiary/aromatic N) is 1. The third-order valence-electron chi connectivity index (χ3n) is 3.51. The molecule has 0 fully saturated rings. The van der Waals surface area contributed by atoms with Gasteiger partial charge in [-0.1, -0.05) is 19.9 Å². The molecule has 0 unspecified atom stereocenters. The molecule has 2 aromatic rings. The highest BCUT2D eigenvalue weighted by Gasteiger charge is 2.27. The molecule has 0 amide bonds. The summed E-state index contributed by atoms with van der Waals surface area (Å²) in [6, 6.07) is 9.60. The lowest BCUT2D eigenvalue weighted by Crippen LogP contribution is -2.28. The van der Waals surface area contributed by atoms with E-state index in [0.29, 0.717) is 17.5 Å². The van der Waals surface area contributed by atoms with Gasteiger partial charge in [0.25, 0.3) is 0 Å². The molecule has 112 valence electrons. The van der Waals surface area contributed by atoms with E-state index in [1.54, 1.807) is 6.20 Å². The van der Waals surface area contributed by atoms with Crippen molar-refractivity contribution < 1.29 is 4.74 Å². The van der Waals surface area contributed by atoms with Crippen LogP contribution < -0.4 is 16.2 Å². The number of hydrogen-bond acceptors (Lipinski definition) is 4. The van der Waals surface area contributed by atoms with E-state index < -0.39 is 5.60 Å². The number of benzene rings is 1. The van der Waals surface area contributed by atoms with E-state index in [0.717, 1.165) is 11.3 Å². The molecule has 0 atom stereocenters. The molecule has 0 saturated heterocycles. The van der Waals surface area contributed by atoms with Crippen LogP contribution in [0.3, 0.4) is 0 Å². The summed E-state index contributed by atoms with van der Waals surface area (Å²) in [5.41, 5.74) is 14.3. The topological polar surface area (TPSA) is 74.2 Å². The molecule has 1 aromatic heterocycles. The SMILES string of the molecule is CC(C)c1ccc(N)cc1C(C)(C)Oc1cccnc1N. The molecular formula is C17H23N3O. The van der Waals surface area contributed by atoms with Crippen LogP contribution >= 0.6 is 0 Å². The smallest absolute Gasteiger partial charge is 0.166 e. The highest BCUT2D eigenvalue weighted by atomic mass is 16.5. The minimum atomic E-state index is -0.549. The van der Waals surface area contributed by atoms with Gasteiger partial charge in [0.2, 0.25) is 0 Å². The maximum Gasteiger partial charge on any atom is 0.166 e. The van der Waals surface area contributed by atoms with Gasteiger partial charge in [-0.25, -0.2) is 4.98 Å². The summed E-state index contributed by atoms with van der Waals surface area (Å²) in [5, 5.41) is 0. The van der Waals surface area contributed by atoms with Crippen LogP contribution in [0.5, 0.6) is 5.75 Å². The van der Waals surface area contributed by atoms with Crippen molar-refractivity contribution in [3.05, 3.63) is 47.7 Å². The number of anilines is 2. The normalized spacial score (nSPS) is 11.7. The van der Waals surface area contributed by atoms with E-state index in [2.05, 4.69) is 24.9 Å². The summed E-state index contributed by atoms with van der Waals surface area (Å²) >= 11 is 0. The number of rotatable bonds is 4. The highest BCUT2D eigenvalue weighted by Crippen LogP contribution is 2.35. The predicted molar refractivity (Wildman–Crippen MR) is 87.2 cm³/mol. The van der Waals surface area contributed by atoms with Crippen molar-refractivity contribution in [3.63, 3.8) is 0 Å². The molecule has 0 aliphatic rings. The molecular weight excluding hydrogens is 262 g/mol. The Kier molecular flexibility index (Phi) is 4.07. The van der Waals surface area contributed by atoms with Crippen LogP contribution in [0.2, 0.25) is 0 Å². The van der Waals surface area contributed by atoms with E-state index in [1.165, 1.54) is 5.56 Å². The number of pyridine rings is 1. The summed E-state index contributed by atoms with van der Waals surface area (Å²) in [7, 11) is 0. The average molecular weight is 285 g/mol. The third kappa shape index (κ3) is 3.27. The zero-order valence-electron chi connectivity index (χ0n) is 13.1. The first-order valence-electron chi connectivity index (χ1n) is 7.10. The van der Waals surface area contributed by atoms with E-state index in [1.807, 2.05) is 38.1 Å². The molecule has 2 rings (SSSR count). The molecule has 4 nitrogen and oxygen atoms in total. The molecule has 4 N–H and O–H groups in total. The Morgan fingerprint density at radius 3 is 2.48 bits per heavy atom. The minimum absolute atomic E-state index is 0.384. The van der Waals surface area contributed by atoms with E-state index in [9.17, 15) is 0 Å². The van der Waals surface area contributed by atoms with Gasteiger partial charge >= 0.3 is 0 Å². The molecule has 4 heteroatoms. The molecule has 0 saturated carbocycles. The van der Waals surface area contributed by atoms with Gasteiger partial charge in [0.1, 0.15) is 5.60 Å². The van der Waals surface area contributed by atoms with Gasteiger partial charge in [-0.15, -0.1) is 0 Å². The van der Waals surface area contributed by atoms with Crippen molar-refractivity contribution in [3.8, 4) is 5.75 Å². The van der Waals surface area contributed by atoms with E-state index >= 15 is 0 Å². The van der Waals surface area contributed by atoms with Gasteiger partial charge in [-0.05, 0) is 49.6 Å². The summed E-state index contributed by atoms with van der Waals surface area (Å²) in [5.74, 6) is 1.36. The largest absolute Gasteiger partial charge is 0.479 e. The Morgan fingerprint density at radius 2 is 1.86 bits per heavy atom. The van der Waals surface area contributed by atoms with Crippen molar-refractivity contribution in [2.24, 2.45) is 0 Å². The van der Waals surface area contributed by atoms with Gasteiger partial charge in [0, 0.05) is 17.4 Å². The monoisotopic (exact) mass is 285 g/mol. The molecule has 21 heavy (non-hydrogen) atoms. The van der Waals surface area contributed by atoms with Crippen LogP contribution in [0.1, 0.15) is 44.7 Å². The number of ether oxygens (including phenoxy) is 1. The van der Waals surface area contributed by atoms with Gasteiger partial charge in [0.15, 0.2) is 11.6 Å². The molecule has 1 heterocycles. The quantitative estimate of drug-likeness (QED) is 0.840. The Labute approximate surface area is 126 Å². The predicted octanol–water partition coefficient (Wildman–Crippen LogP) is 3.68. The Hall–Kier alpha value is -2.23. The number of hydrogen-bond donors (Lipinski definition) is 2. The maximum absolute atomic E-state index is 6.12. The standard InChI is InChI=1S/C17H23N3O/c1-11(2)13-8-7-12(18)10-14(13)17(3,4)21-15-6-5-9-20-16(15)19/h5-11H,18H2,1-4H3,(H2,19,20). The fourth-order valence-electron chi connectivity index (χ4n) is 2.42. The van der Waals surface area contributed by atoms with E-state index in [-0.39, 0.29) is 0 Å². The maximum atomic E-state index is 6.12. The third-order valence-corrected chi connectivity index (χ3v) is 3.51. The van der Waals surface area contributed by atoms with E-state index in [4.69, 9.17) is 16.2 Å². The summed E-state index contributed by atoms with van der Waals surface area (Å²) < 4.78 is 6.12. The molecule has 0 aliphatic heterocycles. The second kappa shape index (κ2) is 5.64.